The maximum absolute atomic E-state index is 13.5. The molecule has 2 rings (SSSR count). The van der Waals surface area contributed by atoms with Crippen LogP contribution in [-0.4, -0.2) is 57.1 Å². The Bertz CT molecular complexity index is 1160. The van der Waals surface area contributed by atoms with Crippen LogP contribution in [0.3, 0.4) is 0 Å². The minimum atomic E-state index is -4.69. The highest BCUT2D eigenvalue weighted by Gasteiger charge is 2.34. The predicted molar refractivity (Wildman–Crippen MR) is 137 cm³/mol. The zero-order valence-electron chi connectivity index (χ0n) is 21.5. The lowest BCUT2D eigenvalue weighted by Crippen LogP contribution is -2.53. The first-order valence-corrected chi connectivity index (χ1v) is 13.8. The Morgan fingerprint density at radius 2 is 1.68 bits per heavy atom. The molecule has 11 heteroatoms. The lowest BCUT2D eigenvalue weighted by atomic mass is 10.1. The highest BCUT2D eigenvalue weighted by atomic mass is 32.2. The van der Waals surface area contributed by atoms with Crippen LogP contribution in [0.2, 0.25) is 0 Å². The number of anilines is 1. The van der Waals surface area contributed by atoms with Crippen molar-refractivity contribution in [1.82, 2.24) is 10.2 Å². The van der Waals surface area contributed by atoms with Gasteiger partial charge in [0.2, 0.25) is 21.8 Å². The van der Waals surface area contributed by atoms with Crippen molar-refractivity contribution in [2.45, 2.75) is 45.8 Å². The summed E-state index contributed by atoms with van der Waals surface area (Å²) in [4.78, 5) is 27.8. The maximum Gasteiger partial charge on any atom is 0.416 e. The zero-order valence-corrected chi connectivity index (χ0v) is 22.3. The van der Waals surface area contributed by atoms with Gasteiger partial charge in [-0.1, -0.05) is 57.2 Å². The number of benzene rings is 2. The van der Waals surface area contributed by atoms with Crippen LogP contribution in [-0.2, 0) is 32.2 Å². The first kappa shape index (κ1) is 30.1. The highest BCUT2D eigenvalue weighted by Crippen LogP contribution is 2.32. The fraction of sp³-hybridized carbons (Fsp3) is 0.462. The van der Waals surface area contributed by atoms with Gasteiger partial charge in [-0.05, 0) is 42.5 Å². The number of sulfonamides is 1. The first-order valence-electron chi connectivity index (χ1n) is 12.0. The standard InChI is InChI=1S/C26H34F3N3O4S/c1-5-23(25(34)30-17-19(2)3)31(15-14-20-10-7-6-8-11-20)24(33)18-32(37(4,35)36)22-13-9-12-21(16-22)26(27,28)29/h6-13,16,19,23H,5,14-15,17-18H2,1-4H3,(H,30,34)/t23-/m0/s1. The molecule has 37 heavy (non-hydrogen) atoms. The van der Waals surface area contributed by atoms with Gasteiger partial charge in [0.25, 0.3) is 0 Å². The van der Waals surface area contributed by atoms with E-state index < -0.39 is 40.3 Å². The van der Waals surface area contributed by atoms with Crippen LogP contribution < -0.4 is 9.62 Å². The molecule has 2 aromatic rings. The average molecular weight is 542 g/mol. The smallest absolute Gasteiger partial charge is 0.354 e. The minimum absolute atomic E-state index is 0.122. The summed E-state index contributed by atoms with van der Waals surface area (Å²) in [5.74, 6) is -0.885. The second-order valence-corrected chi connectivity index (χ2v) is 11.1. The number of hydrogen-bond acceptors (Lipinski definition) is 4. The van der Waals surface area contributed by atoms with Crippen molar-refractivity contribution in [2.24, 2.45) is 5.92 Å². The van der Waals surface area contributed by atoms with Gasteiger partial charge in [0.15, 0.2) is 0 Å². The lowest BCUT2D eigenvalue weighted by Gasteiger charge is -2.33. The molecule has 0 aliphatic carbocycles. The molecule has 0 aliphatic heterocycles. The predicted octanol–water partition coefficient (Wildman–Crippen LogP) is 4.09. The fourth-order valence-electron chi connectivity index (χ4n) is 3.77. The third-order valence-corrected chi connectivity index (χ3v) is 6.84. The van der Waals surface area contributed by atoms with E-state index in [2.05, 4.69) is 5.32 Å². The summed E-state index contributed by atoms with van der Waals surface area (Å²) < 4.78 is 65.6. The fourth-order valence-corrected chi connectivity index (χ4v) is 4.61. The third-order valence-electron chi connectivity index (χ3n) is 5.70. The van der Waals surface area contributed by atoms with Crippen molar-refractivity contribution in [1.29, 1.82) is 0 Å². The Balaban J connectivity index is 2.40. The molecular formula is C26H34F3N3O4S. The summed E-state index contributed by atoms with van der Waals surface area (Å²) >= 11 is 0. The van der Waals surface area contributed by atoms with Crippen molar-refractivity contribution in [3.63, 3.8) is 0 Å². The molecule has 204 valence electrons. The number of rotatable bonds is 12. The molecule has 1 N–H and O–H groups in total. The Hall–Kier alpha value is -3.08. The van der Waals surface area contributed by atoms with E-state index in [1.54, 1.807) is 6.92 Å². The van der Waals surface area contributed by atoms with Gasteiger partial charge in [-0.25, -0.2) is 8.42 Å². The van der Waals surface area contributed by atoms with Crippen LogP contribution in [0.1, 0.15) is 38.3 Å². The van der Waals surface area contributed by atoms with Crippen molar-refractivity contribution in [3.8, 4) is 0 Å². The van der Waals surface area contributed by atoms with Crippen molar-refractivity contribution < 1.29 is 31.2 Å². The van der Waals surface area contributed by atoms with Crippen molar-refractivity contribution in [2.75, 3.05) is 30.2 Å². The van der Waals surface area contributed by atoms with E-state index in [1.807, 2.05) is 44.2 Å². The topological polar surface area (TPSA) is 86.8 Å². The molecule has 2 aromatic carbocycles. The van der Waals surface area contributed by atoms with E-state index in [0.717, 1.165) is 24.0 Å². The molecule has 1 atom stereocenters. The molecule has 0 bridgehead atoms. The summed E-state index contributed by atoms with van der Waals surface area (Å²) in [5, 5.41) is 2.82. The number of amides is 2. The van der Waals surface area contributed by atoms with Gasteiger partial charge in [-0.15, -0.1) is 0 Å². The third kappa shape index (κ3) is 9.07. The quantitative estimate of drug-likeness (QED) is 0.439. The Kier molecular flexibility index (Phi) is 10.5. The number of nitrogens with zero attached hydrogens (tertiary/aromatic N) is 2. The maximum atomic E-state index is 13.5. The molecule has 0 aliphatic rings. The number of carbonyl (C=O) groups is 2. The molecule has 0 spiro atoms. The van der Waals surface area contributed by atoms with Crippen LogP contribution in [0.25, 0.3) is 0 Å². The minimum Gasteiger partial charge on any atom is -0.354 e. The van der Waals surface area contributed by atoms with Crippen LogP contribution in [0.15, 0.2) is 54.6 Å². The van der Waals surface area contributed by atoms with Gasteiger partial charge in [0.05, 0.1) is 17.5 Å². The molecule has 0 unspecified atom stereocenters. The van der Waals surface area contributed by atoms with E-state index in [0.29, 0.717) is 23.3 Å². The Labute approximate surface area is 216 Å². The van der Waals surface area contributed by atoms with Gasteiger partial charge < -0.3 is 10.2 Å². The summed E-state index contributed by atoms with van der Waals surface area (Å²) in [7, 11) is -4.13. The Morgan fingerprint density at radius 3 is 2.22 bits per heavy atom. The molecule has 0 radical (unpaired) electrons. The summed E-state index contributed by atoms with van der Waals surface area (Å²) in [5.41, 5.74) is -0.409. The van der Waals surface area contributed by atoms with Gasteiger partial charge in [-0.3, -0.25) is 13.9 Å². The normalized spacial score (nSPS) is 12.8. The largest absolute Gasteiger partial charge is 0.416 e. The average Bonchev–Trinajstić information content (AvgIpc) is 2.83. The molecule has 0 saturated heterocycles. The van der Waals surface area contributed by atoms with Crippen LogP contribution in [0, 0.1) is 5.92 Å². The van der Waals surface area contributed by atoms with E-state index in [4.69, 9.17) is 0 Å². The highest BCUT2D eigenvalue weighted by molar-refractivity contribution is 7.92. The monoisotopic (exact) mass is 541 g/mol. The van der Waals surface area contributed by atoms with Gasteiger partial charge >= 0.3 is 6.18 Å². The molecular weight excluding hydrogens is 507 g/mol. The Morgan fingerprint density at radius 1 is 1.03 bits per heavy atom. The van der Waals surface area contributed by atoms with E-state index in [-0.39, 0.29) is 30.5 Å². The molecule has 0 saturated carbocycles. The van der Waals surface area contributed by atoms with Gasteiger partial charge in [-0.2, -0.15) is 13.2 Å². The summed E-state index contributed by atoms with van der Waals surface area (Å²) in [6, 6.07) is 12.2. The van der Waals surface area contributed by atoms with Crippen molar-refractivity contribution in [3.05, 3.63) is 65.7 Å². The number of nitrogens with one attached hydrogen (secondary N) is 1. The number of alkyl halides is 3. The van der Waals surface area contributed by atoms with Gasteiger partial charge in [0.1, 0.15) is 12.6 Å². The molecule has 2 amide bonds. The van der Waals surface area contributed by atoms with E-state index in [1.165, 1.54) is 11.0 Å². The van der Waals surface area contributed by atoms with Crippen LogP contribution >= 0.6 is 0 Å². The summed E-state index contributed by atoms with van der Waals surface area (Å²) in [6.07, 6.45) is -3.19. The molecule has 0 fully saturated rings. The first-order chi connectivity index (χ1) is 17.2. The van der Waals surface area contributed by atoms with E-state index in [9.17, 15) is 31.2 Å². The molecule has 0 heterocycles. The number of hydrogen-bond donors (Lipinski definition) is 1. The van der Waals surface area contributed by atoms with Crippen LogP contribution in [0.5, 0.6) is 0 Å². The molecule has 0 aromatic heterocycles. The SMILES string of the molecule is CC[C@@H](C(=O)NCC(C)C)N(CCc1ccccc1)C(=O)CN(c1cccc(C(F)(F)F)c1)S(C)(=O)=O. The second-order valence-electron chi connectivity index (χ2n) is 9.20. The van der Waals surface area contributed by atoms with Gasteiger partial charge in [0, 0.05) is 13.1 Å². The van der Waals surface area contributed by atoms with E-state index >= 15 is 0 Å². The second kappa shape index (κ2) is 12.9. The number of carbonyl (C=O) groups excluding carboxylic acids is 2. The zero-order chi connectivity index (χ0) is 27.8. The van der Waals surface area contributed by atoms with Crippen molar-refractivity contribution >= 4 is 27.5 Å². The lowest BCUT2D eigenvalue weighted by molar-refractivity contribution is -0.139. The molecule has 7 nitrogen and oxygen atoms in total. The van der Waals surface area contributed by atoms with Crippen LogP contribution in [0.4, 0.5) is 18.9 Å². The summed E-state index contributed by atoms with van der Waals surface area (Å²) in [6.45, 7) is 5.37. The number of halogens is 3.